The molecule has 116 valence electrons. The Hall–Kier alpha value is -3.15. The molecule has 0 unspecified atom stereocenters. The van der Waals surface area contributed by atoms with Gasteiger partial charge in [0.2, 0.25) is 0 Å². The minimum absolute atomic E-state index is 0.0405. The first-order valence-corrected chi connectivity index (χ1v) is 7.06. The lowest BCUT2D eigenvalue weighted by Gasteiger charge is -2.11. The average molecular weight is 309 g/mol. The van der Waals surface area contributed by atoms with Crippen molar-refractivity contribution in [2.24, 2.45) is 0 Å². The number of carbonyl (C=O) groups is 1. The second-order valence-electron chi connectivity index (χ2n) is 5.37. The number of hydrogen-bond acceptors (Lipinski definition) is 4. The molecule has 0 fully saturated rings. The van der Waals surface area contributed by atoms with E-state index in [1.54, 1.807) is 18.2 Å². The van der Waals surface area contributed by atoms with E-state index in [9.17, 15) is 14.7 Å². The molecule has 0 radical (unpaired) electrons. The number of nitrogens with one attached hydrogen (secondary N) is 1. The van der Waals surface area contributed by atoms with Gasteiger partial charge >= 0.3 is 5.97 Å². The SMILES string of the molecule is Cc1cccc(Nc2nc3cc(C)ccn3c(=O)c2C(=O)O)c1. The van der Waals surface area contributed by atoms with Gasteiger partial charge in [-0.1, -0.05) is 12.1 Å². The van der Waals surface area contributed by atoms with Gasteiger partial charge < -0.3 is 10.4 Å². The number of benzene rings is 1. The van der Waals surface area contributed by atoms with Crippen LogP contribution in [0.2, 0.25) is 0 Å². The van der Waals surface area contributed by atoms with Crippen LogP contribution in [-0.2, 0) is 0 Å². The molecule has 6 nitrogen and oxygen atoms in total. The molecule has 0 bridgehead atoms. The Bertz CT molecular complexity index is 976. The first kappa shape index (κ1) is 14.8. The van der Waals surface area contributed by atoms with Crippen molar-refractivity contribution in [1.29, 1.82) is 0 Å². The molecule has 0 atom stereocenters. The molecule has 0 saturated carbocycles. The first-order chi connectivity index (χ1) is 11.0. The Morgan fingerprint density at radius 2 is 1.91 bits per heavy atom. The lowest BCUT2D eigenvalue weighted by Crippen LogP contribution is -2.25. The van der Waals surface area contributed by atoms with Crippen molar-refractivity contribution in [3.8, 4) is 0 Å². The molecule has 3 aromatic rings. The van der Waals surface area contributed by atoms with E-state index in [0.29, 0.717) is 11.3 Å². The number of carboxylic acid groups (broad SMARTS) is 1. The molecule has 0 saturated heterocycles. The molecular formula is C17H15N3O3. The molecule has 2 N–H and O–H groups in total. The number of hydrogen-bond donors (Lipinski definition) is 2. The third-order valence-electron chi connectivity index (χ3n) is 3.48. The van der Waals surface area contributed by atoms with Crippen molar-refractivity contribution in [3.63, 3.8) is 0 Å². The van der Waals surface area contributed by atoms with Crippen molar-refractivity contribution in [2.45, 2.75) is 13.8 Å². The smallest absolute Gasteiger partial charge is 0.345 e. The fourth-order valence-corrected chi connectivity index (χ4v) is 2.38. The Balaban J connectivity index is 2.23. The lowest BCUT2D eigenvalue weighted by atomic mass is 10.2. The standard InChI is InChI=1S/C17H15N3O3/c1-10-4-3-5-12(8-10)18-15-14(17(22)23)16(21)20-7-6-11(2)9-13(20)19-15/h3-9,18H,1-2H3,(H,22,23). The van der Waals surface area contributed by atoms with E-state index in [1.165, 1.54) is 10.6 Å². The number of rotatable bonds is 3. The molecule has 2 aromatic heterocycles. The van der Waals surface area contributed by atoms with Gasteiger partial charge in [0.1, 0.15) is 5.65 Å². The van der Waals surface area contributed by atoms with E-state index < -0.39 is 11.5 Å². The molecular weight excluding hydrogens is 294 g/mol. The zero-order valence-electron chi connectivity index (χ0n) is 12.7. The molecule has 1 aromatic carbocycles. The highest BCUT2D eigenvalue weighted by Crippen LogP contribution is 2.19. The first-order valence-electron chi connectivity index (χ1n) is 7.06. The zero-order valence-corrected chi connectivity index (χ0v) is 12.7. The Kier molecular flexibility index (Phi) is 3.57. The molecule has 0 aliphatic carbocycles. The highest BCUT2D eigenvalue weighted by Gasteiger charge is 2.19. The topological polar surface area (TPSA) is 83.7 Å². The third-order valence-corrected chi connectivity index (χ3v) is 3.48. The van der Waals surface area contributed by atoms with Crippen LogP contribution in [0.4, 0.5) is 11.5 Å². The van der Waals surface area contributed by atoms with E-state index in [1.807, 2.05) is 32.0 Å². The van der Waals surface area contributed by atoms with Crippen molar-refractivity contribution >= 4 is 23.1 Å². The largest absolute Gasteiger partial charge is 0.477 e. The van der Waals surface area contributed by atoms with Gasteiger partial charge in [0.25, 0.3) is 5.56 Å². The van der Waals surface area contributed by atoms with Gasteiger partial charge in [-0.15, -0.1) is 0 Å². The van der Waals surface area contributed by atoms with Crippen molar-refractivity contribution < 1.29 is 9.90 Å². The Labute approximate surface area is 132 Å². The summed E-state index contributed by atoms with van der Waals surface area (Å²) in [5, 5.41) is 12.3. The molecule has 0 aliphatic heterocycles. The van der Waals surface area contributed by atoms with E-state index in [4.69, 9.17) is 0 Å². The van der Waals surface area contributed by atoms with Crippen LogP contribution < -0.4 is 10.9 Å². The predicted octanol–water partition coefficient (Wildman–Crippen LogP) is 2.75. The number of aromatic nitrogens is 2. The highest BCUT2D eigenvalue weighted by molar-refractivity contribution is 5.94. The third kappa shape index (κ3) is 2.78. The second-order valence-corrected chi connectivity index (χ2v) is 5.37. The normalized spacial score (nSPS) is 10.7. The summed E-state index contributed by atoms with van der Waals surface area (Å²) in [5.74, 6) is -1.27. The van der Waals surface area contributed by atoms with Crippen LogP contribution in [0.25, 0.3) is 5.65 Å². The summed E-state index contributed by atoms with van der Waals surface area (Å²) < 4.78 is 1.23. The maximum absolute atomic E-state index is 12.5. The summed E-state index contributed by atoms with van der Waals surface area (Å²) in [5.41, 5.74) is 2.03. The van der Waals surface area contributed by atoms with Crippen LogP contribution in [0.15, 0.2) is 47.4 Å². The van der Waals surface area contributed by atoms with Gasteiger partial charge in [-0.3, -0.25) is 9.20 Å². The van der Waals surface area contributed by atoms with Crippen LogP contribution in [0.1, 0.15) is 21.5 Å². The number of aromatic carboxylic acids is 1. The molecule has 0 aliphatic rings. The lowest BCUT2D eigenvalue weighted by molar-refractivity contribution is 0.0695. The number of pyridine rings is 1. The minimum atomic E-state index is -1.31. The van der Waals surface area contributed by atoms with Gasteiger partial charge in [0, 0.05) is 11.9 Å². The molecule has 0 spiro atoms. The molecule has 3 rings (SSSR count). The number of fused-ring (bicyclic) bond motifs is 1. The Morgan fingerprint density at radius 3 is 2.61 bits per heavy atom. The summed E-state index contributed by atoms with van der Waals surface area (Å²) >= 11 is 0. The van der Waals surface area contributed by atoms with Gasteiger partial charge in [-0.2, -0.15) is 0 Å². The quantitative estimate of drug-likeness (QED) is 0.777. The van der Waals surface area contributed by atoms with Crippen LogP contribution >= 0.6 is 0 Å². The summed E-state index contributed by atoms with van der Waals surface area (Å²) in [6.07, 6.45) is 1.53. The molecule has 23 heavy (non-hydrogen) atoms. The van der Waals surface area contributed by atoms with E-state index in [2.05, 4.69) is 10.3 Å². The summed E-state index contributed by atoms with van der Waals surface area (Å²) in [6, 6.07) is 10.9. The van der Waals surface area contributed by atoms with Gasteiger partial charge in [-0.25, -0.2) is 9.78 Å². The number of anilines is 2. The monoisotopic (exact) mass is 309 g/mol. The number of nitrogens with zero attached hydrogens (tertiary/aromatic N) is 2. The average Bonchev–Trinajstić information content (AvgIpc) is 2.46. The highest BCUT2D eigenvalue weighted by atomic mass is 16.4. The second kappa shape index (κ2) is 5.57. The summed E-state index contributed by atoms with van der Waals surface area (Å²) in [7, 11) is 0. The van der Waals surface area contributed by atoms with Crippen molar-refractivity contribution in [1.82, 2.24) is 9.38 Å². The fraction of sp³-hybridized carbons (Fsp3) is 0.118. The summed E-state index contributed by atoms with van der Waals surface area (Å²) in [4.78, 5) is 28.3. The number of aryl methyl sites for hydroxylation is 2. The zero-order chi connectivity index (χ0) is 16.6. The van der Waals surface area contributed by atoms with Gasteiger partial charge in [0.15, 0.2) is 11.4 Å². The molecule has 2 heterocycles. The molecule has 0 amide bonds. The van der Waals surface area contributed by atoms with Gasteiger partial charge in [-0.05, 0) is 49.2 Å². The maximum atomic E-state index is 12.5. The minimum Gasteiger partial charge on any atom is -0.477 e. The van der Waals surface area contributed by atoms with Crippen molar-refractivity contribution in [2.75, 3.05) is 5.32 Å². The summed E-state index contributed by atoms with van der Waals surface area (Å²) in [6.45, 7) is 3.81. The Morgan fingerprint density at radius 1 is 1.17 bits per heavy atom. The van der Waals surface area contributed by atoms with Crippen molar-refractivity contribution in [3.05, 3.63) is 69.6 Å². The van der Waals surface area contributed by atoms with E-state index >= 15 is 0 Å². The number of carboxylic acids is 1. The van der Waals surface area contributed by atoms with E-state index in [0.717, 1.165) is 11.1 Å². The molecule has 6 heteroatoms. The predicted molar refractivity (Wildman–Crippen MR) is 87.6 cm³/mol. The van der Waals surface area contributed by atoms with E-state index in [-0.39, 0.29) is 11.4 Å². The van der Waals surface area contributed by atoms with Gasteiger partial charge in [0.05, 0.1) is 0 Å². The van der Waals surface area contributed by atoms with Crippen LogP contribution in [0.3, 0.4) is 0 Å². The van der Waals surface area contributed by atoms with Crippen LogP contribution in [0.5, 0.6) is 0 Å². The van der Waals surface area contributed by atoms with Crippen LogP contribution in [0, 0.1) is 13.8 Å². The van der Waals surface area contributed by atoms with Crippen LogP contribution in [-0.4, -0.2) is 20.5 Å². The maximum Gasteiger partial charge on any atom is 0.345 e. The fourth-order valence-electron chi connectivity index (χ4n) is 2.38.